The van der Waals surface area contributed by atoms with Crippen LogP contribution in [-0.2, 0) is 6.54 Å². The molecule has 114 valence electrons. The second-order valence-electron chi connectivity index (χ2n) is 4.65. The summed E-state index contributed by atoms with van der Waals surface area (Å²) in [5, 5.41) is 9.83. The minimum absolute atomic E-state index is 0.117. The second kappa shape index (κ2) is 7.13. The zero-order valence-electron chi connectivity index (χ0n) is 12.5. The van der Waals surface area contributed by atoms with Gasteiger partial charge in [0.25, 0.3) is 0 Å². The van der Waals surface area contributed by atoms with Crippen LogP contribution in [0.1, 0.15) is 30.6 Å². The van der Waals surface area contributed by atoms with Crippen molar-refractivity contribution < 1.29 is 19.4 Å². The second-order valence-corrected chi connectivity index (χ2v) is 4.65. The molecule has 5 heteroatoms. The summed E-state index contributed by atoms with van der Waals surface area (Å²) in [5.74, 6) is 1.32. The van der Waals surface area contributed by atoms with Crippen LogP contribution in [0.25, 0.3) is 10.9 Å². The number of hydrogen-bond donors (Lipinski definition) is 1. The number of nitrogens with zero attached hydrogens (tertiary/aromatic N) is 1. The van der Waals surface area contributed by atoms with E-state index in [1.54, 1.807) is 6.20 Å². The number of fused-ring (bicyclic) bond motifs is 1. The Morgan fingerprint density at radius 2 is 1.86 bits per heavy atom. The first-order valence-corrected chi connectivity index (χ1v) is 7.23. The molecule has 5 nitrogen and oxygen atoms in total. The Hall–Kier alpha value is -2.01. The molecular formula is C16H21NO4. The Morgan fingerprint density at radius 3 is 2.43 bits per heavy atom. The van der Waals surface area contributed by atoms with Crippen molar-refractivity contribution in [2.24, 2.45) is 0 Å². The maximum atomic E-state index is 11.3. The van der Waals surface area contributed by atoms with Gasteiger partial charge in [-0.25, -0.2) is 0 Å². The van der Waals surface area contributed by atoms with Gasteiger partial charge in [-0.15, -0.1) is 0 Å². The highest BCUT2D eigenvalue weighted by Gasteiger charge is 2.14. The number of aldehydes is 1. The van der Waals surface area contributed by atoms with Crippen LogP contribution in [0.5, 0.6) is 11.5 Å². The van der Waals surface area contributed by atoms with Crippen LogP contribution < -0.4 is 9.47 Å². The molecule has 1 heterocycles. The minimum atomic E-state index is 0.117. The Bertz CT molecular complexity index is 618. The van der Waals surface area contributed by atoms with E-state index in [4.69, 9.17) is 14.6 Å². The maximum Gasteiger partial charge on any atom is 0.163 e. The Balaban J connectivity index is 2.56. The fourth-order valence-corrected chi connectivity index (χ4v) is 2.38. The third kappa shape index (κ3) is 3.19. The number of aromatic nitrogens is 1. The van der Waals surface area contributed by atoms with Gasteiger partial charge in [0.15, 0.2) is 17.8 Å². The van der Waals surface area contributed by atoms with Gasteiger partial charge < -0.3 is 19.1 Å². The molecular weight excluding hydrogens is 270 g/mol. The fourth-order valence-electron chi connectivity index (χ4n) is 2.38. The average molecular weight is 291 g/mol. The van der Waals surface area contributed by atoms with Crippen molar-refractivity contribution >= 4 is 17.2 Å². The van der Waals surface area contributed by atoms with Gasteiger partial charge in [0, 0.05) is 36.4 Å². The lowest BCUT2D eigenvalue weighted by atomic mass is 10.1. The van der Waals surface area contributed by atoms with E-state index in [1.165, 1.54) is 0 Å². The van der Waals surface area contributed by atoms with Crippen LogP contribution in [-0.4, -0.2) is 35.8 Å². The van der Waals surface area contributed by atoms with E-state index >= 15 is 0 Å². The van der Waals surface area contributed by atoms with Gasteiger partial charge in [0.05, 0.1) is 18.7 Å². The molecule has 0 atom stereocenters. The maximum absolute atomic E-state index is 11.3. The molecule has 1 aromatic carbocycles. The number of carbonyl (C=O) groups excluding carboxylic acids is 1. The summed E-state index contributed by atoms with van der Waals surface area (Å²) in [6.07, 6.45) is 3.28. The van der Waals surface area contributed by atoms with Gasteiger partial charge in [-0.3, -0.25) is 4.79 Å². The molecule has 0 saturated carbocycles. The van der Waals surface area contributed by atoms with Crippen molar-refractivity contribution in [2.75, 3.05) is 19.8 Å². The van der Waals surface area contributed by atoms with Gasteiger partial charge >= 0.3 is 0 Å². The van der Waals surface area contributed by atoms with Crippen molar-refractivity contribution in [3.05, 3.63) is 23.9 Å². The lowest BCUT2D eigenvalue weighted by molar-refractivity contribution is 0.112. The number of ether oxygens (including phenoxy) is 2. The standard InChI is InChI=1S/C16H21NO4/c1-3-20-15-8-13-12(11-19)10-17(6-5-7-18)14(13)9-16(15)21-4-2/h8-11,18H,3-7H2,1-2H3. The topological polar surface area (TPSA) is 60.7 Å². The van der Waals surface area contributed by atoms with E-state index < -0.39 is 0 Å². The number of carbonyl (C=O) groups is 1. The number of rotatable bonds is 8. The average Bonchev–Trinajstić information content (AvgIpc) is 2.83. The van der Waals surface area contributed by atoms with E-state index in [1.807, 2.05) is 30.5 Å². The quantitative estimate of drug-likeness (QED) is 0.760. The molecule has 0 aliphatic carbocycles. The molecule has 0 bridgehead atoms. The highest BCUT2D eigenvalue weighted by Crippen LogP contribution is 2.35. The van der Waals surface area contributed by atoms with Crippen LogP contribution in [0, 0.1) is 0 Å². The van der Waals surface area contributed by atoms with E-state index in [0.717, 1.165) is 17.2 Å². The van der Waals surface area contributed by atoms with Gasteiger partial charge in [-0.05, 0) is 26.3 Å². The van der Waals surface area contributed by atoms with Crippen LogP contribution in [0.2, 0.25) is 0 Å². The van der Waals surface area contributed by atoms with Crippen LogP contribution in [0.15, 0.2) is 18.3 Å². The highest BCUT2D eigenvalue weighted by molar-refractivity contribution is 5.99. The molecule has 1 N–H and O–H groups in total. The molecule has 0 radical (unpaired) electrons. The van der Waals surface area contributed by atoms with Crippen LogP contribution in [0.4, 0.5) is 0 Å². The smallest absolute Gasteiger partial charge is 0.163 e. The van der Waals surface area contributed by atoms with Gasteiger partial charge in [-0.2, -0.15) is 0 Å². The first kappa shape index (κ1) is 15.4. The van der Waals surface area contributed by atoms with Crippen molar-refractivity contribution in [3.63, 3.8) is 0 Å². The zero-order valence-corrected chi connectivity index (χ0v) is 12.5. The summed E-state index contributed by atoms with van der Waals surface area (Å²) in [6.45, 7) is 5.68. The summed E-state index contributed by atoms with van der Waals surface area (Å²) < 4.78 is 13.2. The molecule has 0 unspecified atom stereocenters. The molecule has 0 spiro atoms. The first-order valence-electron chi connectivity index (χ1n) is 7.23. The number of aryl methyl sites for hydroxylation is 1. The van der Waals surface area contributed by atoms with Crippen molar-refractivity contribution in [2.45, 2.75) is 26.8 Å². The number of benzene rings is 1. The molecule has 0 aliphatic rings. The monoisotopic (exact) mass is 291 g/mol. The summed E-state index contributed by atoms with van der Waals surface area (Å²) in [4.78, 5) is 11.3. The van der Waals surface area contributed by atoms with Crippen LogP contribution in [0.3, 0.4) is 0 Å². The Morgan fingerprint density at radius 1 is 1.19 bits per heavy atom. The Kier molecular flexibility index (Phi) is 5.22. The number of hydrogen-bond acceptors (Lipinski definition) is 4. The lowest BCUT2D eigenvalue weighted by Crippen LogP contribution is -2.01. The zero-order chi connectivity index (χ0) is 15.2. The molecule has 2 aromatic rings. The third-order valence-corrected chi connectivity index (χ3v) is 3.26. The lowest BCUT2D eigenvalue weighted by Gasteiger charge is -2.12. The third-order valence-electron chi connectivity index (χ3n) is 3.26. The fraction of sp³-hybridized carbons (Fsp3) is 0.438. The van der Waals surface area contributed by atoms with E-state index in [-0.39, 0.29) is 6.61 Å². The summed E-state index contributed by atoms with van der Waals surface area (Å²) in [5.41, 5.74) is 1.53. The molecule has 1 aromatic heterocycles. The van der Waals surface area contributed by atoms with E-state index in [9.17, 15) is 4.79 Å². The number of aliphatic hydroxyl groups is 1. The van der Waals surface area contributed by atoms with Crippen molar-refractivity contribution in [1.82, 2.24) is 4.57 Å². The summed E-state index contributed by atoms with van der Waals surface area (Å²) >= 11 is 0. The molecule has 21 heavy (non-hydrogen) atoms. The van der Waals surface area contributed by atoms with Crippen molar-refractivity contribution in [3.8, 4) is 11.5 Å². The normalized spacial score (nSPS) is 10.8. The largest absolute Gasteiger partial charge is 0.490 e. The highest BCUT2D eigenvalue weighted by atomic mass is 16.5. The van der Waals surface area contributed by atoms with Gasteiger partial charge in [0.2, 0.25) is 0 Å². The number of aliphatic hydroxyl groups excluding tert-OH is 1. The molecule has 0 saturated heterocycles. The van der Waals surface area contributed by atoms with Crippen molar-refractivity contribution in [1.29, 1.82) is 0 Å². The SMILES string of the molecule is CCOc1cc2c(C=O)cn(CCCO)c2cc1OCC. The minimum Gasteiger partial charge on any atom is -0.490 e. The molecule has 2 rings (SSSR count). The van der Waals surface area contributed by atoms with E-state index in [0.29, 0.717) is 43.2 Å². The van der Waals surface area contributed by atoms with Gasteiger partial charge in [0.1, 0.15) is 0 Å². The summed E-state index contributed by atoms with van der Waals surface area (Å²) in [7, 11) is 0. The Labute approximate surface area is 124 Å². The predicted molar refractivity (Wildman–Crippen MR) is 81.4 cm³/mol. The molecule has 0 amide bonds. The first-order chi connectivity index (χ1) is 10.2. The van der Waals surface area contributed by atoms with E-state index in [2.05, 4.69) is 0 Å². The van der Waals surface area contributed by atoms with Crippen LogP contribution >= 0.6 is 0 Å². The van der Waals surface area contributed by atoms with Gasteiger partial charge in [-0.1, -0.05) is 0 Å². The molecule has 0 aliphatic heterocycles. The predicted octanol–water partition coefficient (Wildman–Crippen LogP) is 2.63. The summed E-state index contributed by atoms with van der Waals surface area (Å²) in [6, 6.07) is 3.75. The molecule has 0 fully saturated rings.